The van der Waals surface area contributed by atoms with Crippen molar-refractivity contribution < 1.29 is 13.5 Å². The van der Waals surface area contributed by atoms with Crippen molar-refractivity contribution in [3.63, 3.8) is 0 Å². The number of allylic oxidation sites excluding steroid dienone is 1. The lowest BCUT2D eigenvalue weighted by Gasteiger charge is -2.31. The van der Waals surface area contributed by atoms with Crippen molar-refractivity contribution in [1.29, 1.82) is 0 Å². The minimum Gasteiger partial charge on any atom is -0.461 e. The molecule has 0 saturated carbocycles. The van der Waals surface area contributed by atoms with E-state index in [0.717, 1.165) is 63.0 Å². The fraction of sp³-hybridized carbons (Fsp3) is 0.394. The molecule has 0 bridgehead atoms. The molecule has 3 aliphatic rings. The van der Waals surface area contributed by atoms with Crippen LogP contribution in [-0.2, 0) is 0 Å². The highest BCUT2D eigenvalue weighted by atomic mass is 31.0. The second-order valence-electron chi connectivity index (χ2n) is 11.9. The second kappa shape index (κ2) is 11.4. The SMILES string of the molecule is C/C(C=P)=C1\CN(c2nc(OCC34CCCN3CCC4)nc3c(F)c(-c4cccc5cccc(F)c45)ncc23)CCCN1. The Morgan fingerprint density at radius 3 is 2.65 bits per heavy atom. The Bertz CT molecular complexity index is 1750. The number of pyridine rings is 1. The van der Waals surface area contributed by atoms with Gasteiger partial charge in [0.15, 0.2) is 5.82 Å². The van der Waals surface area contributed by atoms with Crippen LogP contribution in [0.4, 0.5) is 14.6 Å². The van der Waals surface area contributed by atoms with Gasteiger partial charge in [0.25, 0.3) is 0 Å². The van der Waals surface area contributed by atoms with Crippen LogP contribution in [0, 0.1) is 11.6 Å². The summed E-state index contributed by atoms with van der Waals surface area (Å²) in [4.78, 5) is 18.8. The molecular weight excluding hydrogens is 565 g/mol. The Hall–Kier alpha value is -3.68. The number of hydrogen-bond acceptors (Lipinski definition) is 7. The van der Waals surface area contributed by atoms with Gasteiger partial charge in [-0.3, -0.25) is 9.88 Å². The number of nitrogens with one attached hydrogen (secondary N) is 1. The summed E-state index contributed by atoms with van der Waals surface area (Å²) in [5.74, 6) is 1.44. The number of rotatable bonds is 6. The van der Waals surface area contributed by atoms with Gasteiger partial charge >= 0.3 is 6.01 Å². The highest BCUT2D eigenvalue weighted by molar-refractivity contribution is 7.19. The van der Waals surface area contributed by atoms with Gasteiger partial charge in [0.05, 0.1) is 17.5 Å². The number of fused-ring (bicyclic) bond motifs is 3. The van der Waals surface area contributed by atoms with Crippen molar-refractivity contribution in [1.82, 2.24) is 25.2 Å². The number of anilines is 1. The molecule has 0 unspecified atom stereocenters. The van der Waals surface area contributed by atoms with E-state index in [9.17, 15) is 0 Å². The number of halogens is 2. The van der Waals surface area contributed by atoms with E-state index in [-0.39, 0.29) is 22.8 Å². The number of hydrogen-bond donors (Lipinski definition) is 1. The molecule has 1 N–H and O–H groups in total. The van der Waals surface area contributed by atoms with Crippen LogP contribution >= 0.6 is 8.86 Å². The molecule has 2 aromatic carbocycles. The van der Waals surface area contributed by atoms with Gasteiger partial charge in [-0.25, -0.2) is 8.78 Å². The summed E-state index contributed by atoms with van der Waals surface area (Å²) in [5.41, 5.74) is 2.69. The third kappa shape index (κ3) is 5.02. The molecular formula is C33H35F2N6OP. The number of ether oxygens (including phenoxy) is 1. The van der Waals surface area contributed by atoms with E-state index in [1.165, 1.54) is 6.07 Å². The van der Waals surface area contributed by atoms with E-state index in [4.69, 9.17) is 9.72 Å². The van der Waals surface area contributed by atoms with Crippen LogP contribution in [-0.4, -0.2) is 70.5 Å². The zero-order valence-corrected chi connectivity index (χ0v) is 25.3. The maximum Gasteiger partial charge on any atom is 0.319 e. The second-order valence-corrected chi connectivity index (χ2v) is 12.2. The summed E-state index contributed by atoms with van der Waals surface area (Å²) in [6.45, 7) is 6.76. The Morgan fingerprint density at radius 2 is 1.86 bits per heavy atom. The van der Waals surface area contributed by atoms with E-state index < -0.39 is 11.6 Å². The van der Waals surface area contributed by atoms with Crippen molar-refractivity contribution in [2.24, 2.45) is 0 Å². The number of nitrogens with zero attached hydrogens (tertiary/aromatic N) is 5. The largest absolute Gasteiger partial charge is 0.461 e. The molecule has 0 amide bonds. The predicted molar refractivity (Wildman–Crippen MR) is 170 cm³/mol. The quantitative estimate of drug-likeness (QED) is 0.267. The maximum absolute atomic E-state index is 16.6. The van der Waals surface area contributed by atoms with E-state index in [1.54, 1.807) is 24.4 Å². The van der Waals surface area contributed by atoms with Crippen LogP contribution in [0.25, 0.3) is 32.9 Å². The van der Waals surface area contributed by atoms with E-state index in [0.29, 0.717) is 47.2 Å². The molecule has 0 atom stereocenters. The van der Waals surface area contributed by atoms with Crippen molar-refractivity contribution in [3.8, 4) is 17.3 Å². The van der Waals surface area contributed by atoms with Gasteiger partial charge in [-0.1, -0.05) is 30.3 Å². The summed E-state index contributed by atoms with van der Waals surface area (Å²) in [7, 11) is 3.52. The summed E-state index contributed by atoms with van der Waals surface area (Å²) in [6, 6.07) is 10.3. The van der Waals surface area contributed by atoms with Crippen LogP contribution in [0.3, 0.4) is 0 Å². The highest BCUT2D eigenvalue weighted by Gasteiger charge is 2.45. The first-order valence-corrected chi connectivity index (χ1v) is 15.7. The predicted octanol–water partition coefficient (Wildman–Crippen LogP) is 6.15. The molecule has 43 heavy (non-hydrogen) atoms. The van der Waals surface area contributed by atoms with Gasteiger partial charge in [0.2, 0.25) is 0 Å². The molecule has 7 nitrogen and oxygen atoms in total. The van der Waals surface area contributed by atoms with E-state index in [2.05, 4.69) is 33.9 Å². The molecule has 7 rings (SSSR count). The van der Waals surface area contributed by atoms with Crippen molar-refractivity contribution in [2.45, 2.75) is 44.6 Å². The zero-order chi connectivity index (χ0) is 29.6. The summed E-state index contributed by atoms with van der Waals surface area (Å²) in [5, 5.41) is 5.02. The molecule has 3 aliphatic heterocycles. The Kier molecular flexibility index (Phi) is 7.48. The van der Waals surface area contributed by atoms with Gasteiger partial charge in [-0.15, -0.1) is 8.86 Å². The maximum atomic E-state index is 16.6. The summed E-state index contributed by atoms with van der Waals surface area (Å²) in [6.07, 6.45) is 6.96. The van der Waals surface area contributed by atoms with Gasteiger partial charge in [0, 0.05) is 35.9 Å². The van der Waals surface area contributed by atoms with Crippen molar-refractivity contribution in [3.05, 3.63) is 65.5 Å². The molecule has 0 spiro atoms. The Labute approximate surface area is 252 Å². The molecule has 10 heteroatoms. The lowest BCUT2D eigenvalue weighted by molar-refractivity contribution is 0.108. The number of benzene rings is 2. The first-order valence-electron chi connectivity index (χ1n) is 15.1. The topological polar surface area (TPSA) is 66.4 Å². The van der Waals surface area contributed by atoms with Gasteiger partial charge in [-0.05, 0) is 74.9 Å². The van der Waals surface area contributed by atoms with Crippen LogP contribution < -0.4 is 15.0 Å². The van der Waals surface area contributed by atoms with Crippen LogP contribution in [0.5, 0.6) is 6.01 Å². The molecule has 3 fully saturated rings. The van der Waals surface area contributed by atoms with Crippen molar-refractivity contribution in [2.75, 3.05) is 44.2 Å². The molecule has 3 saturated heterocycles. The van der Waals surface area contributed by atoms with Crippen LogP contribution in [0.2, 0.25) is 0 Å². The molecule has 0 aliphatic carbocycles. The minimum absolute atomic E-state index is 0.00797. The third-order valence-electron chi connectivity index (χ3n) is 9.32. The first-order chi connectivity index (χ1) is 21.0. The lowest BCUT2D eigenvalue weighted by Crippen LogP contribution is -2.43. The van der Waals surface area contributed by atoms with Gasteiger partial charge in [0.1, 0.15) is 29.5 Å². The third-order valence-corrected chi connectivity index (χ3v) is 9.75. The summed E-state index contributed by atoms with van der Waals surface area (Å²) >= 11 is 0. The number of aromatic nitrogens is 3. The monoisotopic (exact) mass is 600 g/mol. The normalized spacial score (nSPS) is 19.7. The minimum atomic E-state index is -0.614. The summed E-state index contributed by atoms with van der Waals surface area (Å²) < 4.78 is 38.1. The molecule has 5 heterocycles. The highest BCUT2D eigenvalue weighted by Crippen LogP contribution is 2.40. The standard InChI is InChI=1S/C33H35F2N6OP/c1-21(19-43)26-18-40(14-6-13-36-26)31-24-17-37-29(23-9-2-7-22-8-3-10-25(34)27(22)23)28(35)30(24)38-32(39-31)42-20-33-11-4-15-41(33)16-5-12-33/h2-3,7-10,17,19,36,43H,4-6,11-16,18,20H2,1H3/b26-21-. The Morgan fingerprint density at radius 1 is 1.07 bits per heavy atom. The average molecular weight is 601 g/mol. The van der Waals surface area contributed by atoms with Gasteiger partial charge < -0.3 is 15.0 Å². The van der Waals surface area contributed by atoms with Crippen LogP contribution in [0.1, 0.15) is 39.0 Å². The zero-order valence-electron chi connectivity index (χ0n) is 24.3. The van der Waals surface area contributed by atoms with E-state index in [1.807, 2.05) is 24.9 Å². The molecule has 0 radical (unpaired) electrons. The first kappa shape index (κ1) is 28.1. The molecule has 4 aromatic rings. The molecule has 2 aromatic heterocycles. The van der Waals surface area contributed by atoms with E-state index >= 15 is 8.78 Å². The van der Waals surface area contributed by atoms with Crippen molar-refractivity contribution >= 4 is 42.2 Å². The molecule has 222 valence electrons. The van der Waals surface area contributed by atoms with Crippen LogP contribution in [0.15, 0.2) is 53.9 Å². The van der Waals surface area contributed by atoms with Gasteiger partial charge in [-0.2, -0.15) is 9.97 Å². The lowest BCUT2D eigenvalue weighted by atomic mass is 9.95. The average Bonchev–Trinajstić information content (AvgIpc) is 3.51. The smallest absolute Gasteiger partial charge is 0.319 e. The fourth-order valence-electron chi connectivity index (χ4n) is 7.03. The fourth-order valence-corrected chi connectivity index (χ4v) is 7.21. The Balaban J connectivity index is 1.37.